The van der Waals surface area contributed by atoms with E-state index in [4.69, 9.17) is 0 Å². The van der Waals surface area contributed by atoms with Crippen molar-refractivity contribution in [1.29, 1.82) is 0 Å². The van der Waals surface area contributed by atoms with Crippen LogP contribution in [0.3, 0.4) is 0 Å². The fourth-order valence-electron chi connectivity index (χ4n) is 2.72. The summed E-state index contributed by atoms with van der Waals surface area (Å²) >= 11 is 0. The van der Waals surface area contributed by atoms with Crippen LogP contribution in [0.4, 0.5) is 11.8 Å². The molecule has 21 heavy (non-hydrogen) atoms. The number of nitrogens with zero attached hydrogens (tertiary/aromatic N) is 3. The lowest BCUT2D eigenvalue weighted by atomic mass is 10.1. The first-order valence-electron chi connectivity index (χ1n) is 7.61. The smallest absolute Gasteiger partial charge is 0.227 e. The molecule has 0 aliphatic carbocycles. The standard InChI is InChI=1S/C17H22N4/c1-13-6-5-7-15(10-13)12-18-16-11-14(2)19-17(20-16)21-8-3-4-9-21/h5-7,10-11H,3-4,8-9,12H2,1-2H3,(H,18,19,20). The molecule has 1 aliphatic rings. The second-order valence-electron chi connectivity index (χ2n) is 5.73. The Morgan fingerprint density at radius 1 is 1.10 bits per heavy atom. The van der Waals surface area contributed by atoms with Crippen molar-refractivity contribution in [1.82, 2.24) is 9.97 Å². The number of aryl methyl sites for hydroxylation is 2. The van der Waals surface area contributed by atoms with Gasteiger partial charge in [-0.1, -0.05) is 29.8 Å². The van der Waals surface area contributed by atoms with Crippen molar-refractivity contribution in [2.75, 3.05) is 23.3 Å². The van der Waals surface area contributed by atoms with Gasteiger partial charge >= 0.3 is 0 Å². The van der Waals surface area contributed by atoms with Crippen molar-refractivity contribution in [2.45, 2.75) is 33.2 Å². The lowest BCUT2D eigenvalue weighted by molar-refractivity contribution is 0.887. The molecule has 0 radical (unpaired) electrons. The average Bonchev–Trinajstić information content (AvgIpc) is 2.99. The fourth-order valence-corrected chi connectivity index (χ4v) is 2.72. The van der Waals surface area contributed by atoms with Gasteiger partial charge in [0.15, 0.2) is 0 Å². The molecule has 1 saturated heterocycles. The monoisotopic (exact) mass is 282 g/mol. The number of anilines is 2. The maximum Gasteiger partial charge on any atom is 0.227 e. The topological polar surface area (TPSA) is 41.1 Å². The van der Waals surface area contributed by atoms with Gasteiger partial charge in [0, 0.05) is 31.4 Å². The molecule has 3 rings (SSSR count). The van der Waals surface area contributed by atoms with Gasteiger partial charge in [-0.05, 0) is 32.3 Å². The maximum absolute atomic E-state index is 4.66. The van der Waals surface area contributed by atoms with Gasteiger partial charge in [0.05, 0.1) is 0 Å². The molecular weight excluding hydrogens is 260 g/mol. The van der Waals surface area contributed by atoms with Crippen LogP contribution in [0.25, 0.3) is 0 Å². The van der Waals surface area contributed by atoms with Crippen molar-refractivity contribution < 1.29 is 0 Å². The highest BCUT2D eigenvalue weighted by molar-refractivity contribution is 5.44. The van der Waals surface area contributed by atoms with Crippen LogP contribution >= 0.6 is 0 Å². The fraction of sp³-hybridized carbons (Fsp3) is 0.412. The Bertz CT molecular complexity index is 618. The molecule has 4 heteroatoms. The second kappa shape index (κ2) is 6.12. The Kier molecular flexibility index (Phi) is 4.04. The Morgan fingerprint density at radius 2 is 1.90 bits per heavy atom. The lowest BCUT2D eigenvalue weighted by Gasteiger charge is -2.17. The molecule has 0 unspecified atom stereocenters. The minimum Gasteiger partial charge on any atom is -0.366 e. The molecule has 0 saturated carbocycles. The van der Waals surface area contributed by atoms with Crippen LogP contribution in [0, 0.1) is 13.8 Å². The number of hydrogen-bond donors (Lipinski definition) is 1. The maximum atomic E-state index is 4.66. The van der Waals surface area contributed by atoms with E-state index in [1.54, 1.807) is 0 Å². The predicted molar refractivity (Wildman–Crippen MR) is 86.7 cm³/mol. The Balaban J connectivity index is 1.72. The normalized spacial score (nSPS) is 14.5. The van der Waals surface area contributed by atoms with Gasteiger partial charge in [-0.3, -0.25) is 0 Å². The van der Waals surface area contributed by atoms with Crippen LogP contribution in [0.1, 0.15) is 29.7 Å². The minimum atomic E-state index is 0.789. The molecule has 1 fully saturated rings. The highest BCUT2D eigenvalue weighted by Crippen LogP contribution is 2.19. The third-order valence-electron chi connectivity index (χ3n) is 3.79. The van der Waals surface area contributed by atoms with Gasteiger partial charge in [-0.25, -0.2) is 4.98 Å². The molecule has 2 aromatic rings. The predicted octanol–water partition coefficient (Wildman–Crippen LogP) is 3.31. The molecule has 0 atom stereocenters. The zero-order valence-electron chi connectivity index (χ0n) is 12.8. The number of benzene rings is 1. The molecule has 1 aromatic carbocycles. The molecule has 1 aromatic heterocycles. The first-order valence-corrected chi connectivity index (χ1v) is 7.61. The largest absolute Gasteiger partial charge is 0.366 e. The second-order valence-corrected chi connectivity index (χ2v) is 5.73. The Labute approximate surface area is 126 Å². The minimum absolute atomic E-state index is 0.789. The van der Waals surface area contributed by atoms with Crippen molar-refractivity contribution in [2.24, 2.45) is 0 Å². The molecular formula is C17H22N4. The van der Waals surface area contributed by atoms with E-state index in [-0.39, 0.29) is 0 Å². The molecule has 0 spiro atoms. The van der Waals surface area contributed by atoms with Crippen molar-refractivity contribution in [3.63, 3.8) is 0 Å². The summed E-state index contributed by atoms with van der Waals surface area (Å²) in [5.74, 6) is 1.77. The van der Waals surface area contributed by atoms with Crippen LogP contribution in [0.5, 0.6) is 0 Å². The van der Waals surface area contributed by atoms with E-state index in [0.717, 1.165) is 37.1 Å². The van der Waals surface area contributed by atoms with E-state index in [0.29, 0.717) is 0 Å². The van der Waals surface area contributed by atoms with Gasteiger partial charge in [0.25, 0.3) is 0 Å². The van der Waals surface area contributed by atoms with Crippen molar-refractivity contribution in [3.05, 3.63) is 47.2 Å². The molecule has 1 aliphatic heterocycles. The zero-order chi connectivity index (χ0) is 14.7. The SMILES string of the molecule is Cc1cccc(CNc2cc(C)nc(N3CCCC3)n2)c1. The van der Waals surface area contributed by atoms with Gasteiger partial charge in [-0.2, -0.15) is 4.98 Å². The number of hydrogen-bond acceptors (Lipinski definition) is 4. The highest BCUT2D eigenvalue weighted by atomic mass is 15.3. The Morgan fingerprint density at radius 3 is 2.67 bits per heavy atom. The first-order chi connectivity index (χ1) is 10.2. The number of nitrogens with one attached hydrogen (secondary N) is 1. The van der Waals surface area contributed by atoms with Crippen LogP contribution < -0.4 is 10.2 Å². The van der Waals surface area contributed by atoms with Crippen molar-refractivity contribution >= 4 is 11.8 Å². The summed E-state index contributed by atoms with van der Waals surface area (Å²) in [5, 5.41) is 3.42. The quantitative estimate of drug-likeness (QED) is 0.934. The zero-order valence-corrected chi connectivity index (χ0v) is 12.8. The average molecular weight is 282 g/mol. The van der Waals surface area contributed by atoms with Gasteiger partial charge < -0.3 is 10.2 Å². The van der Waals surface area contributed by atoms with Crippen LogP contribution in [0.2, 0.25) is 0 Å². The van der Waals surface area contributed by atoms with E-state index in [9.17, 15) is 0 Å². The summed E-state index contributed by atoms with van der Waals surface area (Å²) in [6.45, 7) is 7.07. The summed E-state index contributed by atoms with van der Waals surface area (Å²) in [6.07, 6.45) is 2.48. The molecule has 1 N–H and O–H groups in total. The van der Waals surface area contributed by atoms with E-state index in [1.807, 2.05) is 13.0 Å². The van der Waals surface area contributed by atoms with Crippen LogP contribution in [-0.4, -0.2) is 23.1 Å². The van der Waals surface area contributed by atoms with E-state index < -0.39 is 0 Å². The van der Waals surface area contributed by atoms with E-state index in [1.165, 1.54) is 24.0 Å². The Hall–Kier alpha value is -2.10. The molecule has 2 heterocycles. The summed E-state index contributed by atoms with van der Waals surface area (Å²) in [5.41, 5.74) is 3.57. The van der Waals surface area contributed by atoms with Crippen LogP contribution in [-0.2, 0) is 6.54 Å². The van der Waals surface area contributed by atoms with Gasteiger partial charge in [-0.15, -0.1) is 0 Å². The van der Waals surface area contributed by atoms with E-state index >= 15 is 0 Å². The molecule has 110 valence electrons. The number of aromatic nitrogens is 2. The molecule has 0 amide bonds. The van der Waals surface area contributed by atoms with Gasteiger partial charge in [0.1, 0.15) is 5.82 Å². The molecule has 4 nitrogen and oxygen atoms in total. The summed E-state index contributed by atoms with van der Waals surface area (Å²) in [4.78, 5) is 11.5. The summed E-state index contributed by atoms with van der Waals surface area (Å²) in [7, 11) is 0. The van der Waals surface area contributed by atoms with Gasteiger partial charge in [0.2, 0.25) is 5.95 Å². The summed E-state index contributed by atoms with van der Waals surface area (Å²) < 4.78 is 0. The third kappa shape index (κ3) is 3.51. The highest BCUT2D eigenvalue weighted by Gasteiger charge is 2.15. The molecule has 0 bridgehead atoms. The first kappa shape index (κ1) is 13.9. The third-order valence-corrected chi connectivity index (χ3v) is 3.79. The number of rotatable bonds is 4. The lowest BCUT2D eigenvalue weighted by Crippen LogP contribution is -2.21. The van der Waals surface area contributed by atoms with E-state index in [2.05, 4.69) is 51.4 Å². The van der Waals surface area contributed by atoms with Crippen LogP contribution in [0.15, 0.2) is 30.3 Å². The summed E-state index contributed by atoms with van der Waals surface area (Å²) in [6, 6.07) is 10.5. The van der Waals surface area contributed by atoms with Crippen molar-refractivity contribution in [3.8, 4) is 0 Å².